The first-order valence-electron chi connectivity index (χ1n) is 8.52. The molecule has 2 aromatic rings. The molecule has 136 valence electrons. The maximum atomic E-state index is 12.8. The van der Waals surface area contributed by atoms with Crippen LogP contribution in [0.25, 0.3) is 6.08 Å². The number of aryl methyl sites for hydroxylation is 1. The molecule has 0 bridgehead atoms. The topological polar surface area (TPSA) is 60.3 Å². The highest BCUT2D eigenvalue weighted by atomic mass is 19.1. The van der Waals surface area contributed by atoms with E-state index in [9.17, 15) is 14.0 Å². The molecule has 6 heteroatoms. The molecule has 1 aromatic carbocycles. The number of anilines is 1. The van der Waals surface area contributed by atoms with Gasteiger partial charge in [0.1, 0.15) is 5.82 Å². The SMILES string of the molecule is Cc1cc(/C=C/C(=O)OCC(=O)Nc2ccc(F)cc2)c(C)n1C1CC1. The Labute approximate surface area is 151 Å². The molecule has 26 heavy (non-hydrogen) atoms. The van der Waals surface area contributed by atoms with Crippen molar-refractivity contribution in [3.63, 3.8) is 0 Å². The van der Waals surface area contributed by atoms with Gasteiger partial charge in [0, 0.05) is 29.2 Å². The number of aromatic nitrogens is 1. The number of amides is 1. The van der Waals surface area contributed by atoms with E-state index < -0.39 is 18.5 Å². The predicted octanol–water partition coefficient (Wildman–Crippen LogP) is 3.77. The van der Waals surface area contributed by atoms with Crippen molar-refractivity contribution in [2.75, 3.05) is 11.9 Å². The molecule has 1 heterocycles. The summed E-state index contributed by atoms with van der Waals surface area (Å²) in [6.45, 7) is 3.69. The van der Waals surface area contributed by atoms with Crippen LogP contribution >= 0.6 is 0 Å². The first kappa shape index (κ1) is 17.9. The first-order valence-corrected chi connectivity index (χ1v) is 8.52. The molecule has 1 aromatic heterocycles. The molecule has 1 N–H and O–H groups in total. The largest absolute Gasteiger partial charge is 0.452 e. The normalized spacial score (nSPS) is 13.8. The molecular weight excluding hydrogens is 335 g/mol. The summed E-state index contributed by atoms with van der Waals surface area (Å²) >= 11 is 0. The van der Waals surface area contributed by atoms with Crippen LogP contribution in [0.15, 0.2) is 36.4 Å². The molecular formula is C20H21FN2O3. The zero-order chi connectivity index (χ0) is 18.7. The number of benzene rings is 1. The monoisotopic (exact) mass is 356 g/mol. The Kier molecular flexibility index (Phi) is 5.21. The zero-order valence-corrected chi connectivity index (χ0v) is 14.8. The number of carbonyl (C=O) groups excluding carboxylic acids is 2. The second-order valence-electron chi connectivity index (χ2n) is 6.42. The first-order chi connectivity index (χ1) is 12.4. The van der Waals surface area contributed by atoms with Gasteiger partial charge in [0.05, 0.1) is 0 Å². The Morgan fingerprint density at radius 1 is 1.27 bits per heavy atom. The fourth-order valence-electron chi connectivity index (χ4n) is 2.94. The molecule has 0 unspecified atom stereocenters. The van der Waals surface area contributed by atoms with Gasteiger partial charge in [-0.2, -0.15) is 0 Å². The van der Waals surface area contributed by atoms with Gasteiger partial charge < -0.3 is 14.6 Å². The van der Waals surface area contributed by atoms with E-state index in [4.69, 9.17) is 4.74 Å². The Hall–Kier alpha value is -2.89. The van der Waals surface area contributed by atoms with E-state index in [0.717, 1.165) is 11.3 Å². The van der Waals surface area contributed by atoms with E-state index in [0.29, 0.717) is 11.7 Å². The second-order valence-corrected chi connectivity index (χ2v) is 6.42. The summed E-state index contributed by atoms with van der Waals surface area (Å²) in [4.78, 5) is 23.6. The smallest absolute Gasteiger partial charge is 0.331 e. The zero-order valence-electron chi connectivity index (χ0n) is 14.8. The summed E-state index contributed by atoms with van der Waals surface area (Å²) in [5.41, 5.74) is 3.72. The number of rotatable bonds is 6. The molecule has 1 fully saturated rings. The van der Waals surface area contributed by atoms with Gasteiger partial charge in [-0.25, -0.2) is 9.18 Å². The van der Waals surface area contributed by atoms with Crippen molar-refractivity contribution < 1.29 is 18.7 Å². The van der Waals surface area contributed by atoms with Gasteiger partial charge in [-0.05, 0) is 68.7 Å². The third-order valence-corrected chi connectivity index (χ3v) is 4.31. The van der Waals surface area contributed by atoms with Gasteiger partial charge in [-0.15, -0.1) is 0 Å². The van der Waals surface area contributed by atoms with Crippen molar-refractivity contribution in [2.45, 2.75) is 32.7 Å². The average molecular weight is 356 g/mol. The Morgan fingerprint density at radius 2 is 1.96 bits per heavy atom. The van der Waals surface area contributed by atoms with Crippen molar-refractivity contribution in [3.8, 4) is 0 Å². The molecule has 3 rings (SSSR count). The van der Waals surface area contributed by atoms with Crippen LogP contribution in [0.5, 0.6) is 0 Å². The predicted molar refractivity (Wildman–Crippen MR) is 97.2 cm³/mol. The summed E-state index contributed by atoms with van der Waals surface area (Å²) in [6, 6.07) is 7.97. The molecule has 1 amide bonds. The number of hydrogen-bond donors (Lipinski definition) is 1. The van der Waals surface area contributed by atoms with E-state index >= 15 is 0 Å². The molecule has 0 radical (unpaired) electrons. The molecule has 0 spiro atoms. The van der Waals surface area contributed by atoms with E-state index in [1.165, 1.54) is 48.9 Å². The number of esters is 1. The molecule has 0 aliphatic heterocycles. The number of ether oxygens (including phenoxy) is 1. The minimum Gasteiger partial charge on any atom is -0.452 e. The minimum atomic E-state index is -0.588. The molecule has 1 aliphatic carbocycles. The lowest BCUT2D eigenvalue weighted by atomic mass is 10.2. The van der Waals surface area contributed by atoms with E-state index in [2.05, 4.69) is 16.8 Å². The van der Waals surface area contributed by atoms with Gasteiger partial charge >= 0.3 is 5.97 Å². The van der Waals surface area contributed by atoms with Crippen molar-refractivity contribution in [2.24, 2.45) is 0 Å². The van der Waals surface area contributed by atoms with Crippen molar-refractivity contribution in [1.29, 1.82) is 0 Å². The van der Waals surface area contributed by atoms with Crippen molar-refractivity contribution in [1.82, 2.24) is 4.57 Å². The summed E-state index contributed by atoms with van der Waals surface area (Å²) in [5.74, 6) is -1.46. The Bertz CT molecular complexity index is 849. The van der Waals surface area contributed by atoms with Gasteiger partial charge in [-0.1, -0.05) is 0 Å². The fraction of sp³-hybridized carbons (Fsp3) is 0.300. The highest BCUT2D eigenvalue weighted by molar-refractivity contribution is 5.94. The van der Waals surface area contributed by atoms with Gasteiger partial charge in [0.25, 0.3) is 5.91 Å². The van der Waals surface area contributed by atoms with Crippen molar-refractivity contribution in [3.05, 3.63) is 59.2 Å². The third kappa shape index (κ3) is 4.39. The minimum absolute atomic E-state index is 0.388. The Morgan fingerprint density at radius 3 is 2.62 bits per heavy atom. The van der Waals surface area contributed by atoms with Crippen LogP contribution in [0.1, 0.15) is 35.8 Å². The number of nitrogens with one attached hydrogen (secondary N) is 1. The lowest BCUT2D eigenvalue weighted by molar-refractivity contribution is -0.142. The van der Waals surface area contributed by atoms with Crippen LogP contribution in [-0.2, 0) is 14.3 Å². The maximum Gasteiger partial charge on any atom is 0.331 e. The van der Waals surface area contributed by atoms with E-state index in [1.807, 2.05) is 13.0 Å². The quantitative estimate of drug-likeness (QED) is 0.633. The molecule has 0 atom stereocenters. The van der Waals surface area contributed by atoms with Crippen LogP contribution in [0.4, 0.5) is 10.1 Å². The average Bonchev–Trinajstić information content (AvgIpc) is 3.39. The molecule has 0 saturated heterocycles. The standard InChI is InChI=1S/C20H21FN2O3/c1-13-11-15(14(2)23(13)18-8-9-18)3-10-20(25)26-12-19(24)22-17-6-4-16(21)5-7-17/h3-7,10-11,18H,8-9,12H2,1-2H3,(H,22,24)/b10-3+. The van der Waals surface area contributed by atoms with Crippen LogP contribution in [-0.4, -0.2) is 23.1 Å². The fourth-order valence-corrected chi connectivity index (χ4v) is 2.94. The number of hydrogen-bond acceptors (Lipinski definition) is 3. The number of carbonyl (C=O) groups is 2. The third-order valence-electron chi connectivity index (χ3n) is 4.31. The van der Waals surface area contributed by atoms with Crippen LogP contribution < -0.4 is 5.32 Å². The van der Waals surface area contributed by atoms with E-state index in [-0.39, 0.29) is 5.82 Å². The second kappa shape index (κ2) is 7.56. The van der Waals surface area contributed by atoms with Crippen LogP contribution in [0.3, 0.4) is 0 Å². The van der Waals surface area contributed by atoms with Gasteiger partial charge in [0.2, 0.25) is 0 Å². The number of nitrogens with zero attached hydrogens (tertiary/aromatic N) is 1. The maximum absolute atomic E-state index is 12.8. The summed E-state index contributed by atoms with van der Waals surface area (Å²) < 4.78 is 20.0. The van der Waals surface area contributed by atoms with Crippen molar-refractivity contribution >= 4 is 23.6 Å². The summed E-state index contributed by atoms with van der Waals surface area (Å²) in [6.07, 6.45) is 5.43. The summed E-state index contributed by atoms with van der Waals surface area (Å²) in [5, 5.41) is 2.53. The van der Waals surface area contributed by atoms with E-state index in [1.54, 1.807) is 6.08 Å². The molecule has 1 aliphatic rings. The Balaban J connectivity index is 1.51. The summed E-state index contributed by atoms with van der Waals surface area (Å²) in [7, 11) is 0. The lowest BCUT2D eigenvalue weighted by Crippen LogP contribution is -2.20. The van der Waals surface area contributed by atoms with Gasteiger partial charge in [0.15, 0.2) is 6.61 Å². The lowest BCUT2D eigenvalue weighted by Gasteiger charge is -2.06. The highest BCUT2D eigenvalue weighted by Gasteiger charge is 2.26. The molecule has 5 nitrogen and oxygen atoms in total. The number of halogens is 1. The van der Waals surface area contributed by atoms with Crippen LogP contribution in [0.2, 0.25) is 0 Å². The highest BCUT2D eigenvalue weighted by Crippen LogP contribution is 2.38. The molecule has 1 saturated carbocycles. The van der Waals surface area contributed by atoms with Gasteiger partial charge in [-0.3, -0.25) is 4.79 Å². The van der Waals surface area contributed by atoms with Crippen LogP contribution in [0, 0.1) is 19.7 Å².